The molecule has 3 N–H and O–H groups in total. The molecular weight excluding hydrogens is 406 g/mol. The van der Waals surface area contributed by atoms with Gasteiger partial charge < -0.3 is 14.2 Å². The molecule has 0 aliphatic carbocycles. The third kappa shape index (κ3) is 6.35. The second kappa shape index (κ2) is 11.0. The molecule has 0 saturated heterocycles. The second-order valence-corrected chi connectivity index (χ2v) is 6.70. The van der Waals surface area contributed by atoms with E-state index in [0.29, 0.717) is 28.4 Å². The summed E-state index contributed by atoms with van der Waals surface area (Å²) >= 11 is 5.06. The van der Waals surface area contributed by atoms with Gasteiger partial charge in [-0.2, -0.15) is 0 Å². The molecule has 8 nitrogen and oxygen atoms in total. The van der Waals surface area contributed by atoms with Gasteiger partial charge in [-0.25, -0.2) is 0 Å². The molecule has 2 amide bonds. The first kappa shape index (κ1) is 23.0. The molecule has 0 radical (unpaired) electrons. The molecule has 0 spiro atoms. The van der Waals surface area contributed by atoms with E-state index in [9.17, 15) is 9.59 Å². The number of methoxy groups -OCH3 is 2. The molecular formula is C21H25N3O5S. The van der Waals surface area contributed by atoms with Crippen molar-refractivity contribution in [1.29, 1.82) is 0 Å². The summed E-state index contributed by atoms with van der Waals surface area (Å²) in [6.07, 6.45) is 0.979. The zero-order chi connectivity index (χ0) is 22.1. The lowest BCUT2D eigenvalue weighted by molar-refractivity contribution is 0.0934. The quantitative estimate of drug-likeness (QED) is 0.458. The van der Waals surface area contributed by atoms with Gasteiger partial charge in [0, 0.05) is 11.1 Å². The van der Waals surface area contributed by atoms with Crippen LogP contribution in [0.3, 0.4) is 0 Å². The zero-order valence-corrected chi connectivity index (χ0v) is 18.1. The molecule has 0 bridgehead atoms. The molecule has 0 saturated carbocycles. The molecule has 1 unspecified atom stereocenters. The minimum Gasteiger partial charge on any atom is -0.493 e. The lowest BCUT2D eigenvalue weighted by atomic mass is 10.2. The molecule has 0 fully saturated rings. The van der Waals surface area contributed by atoms with Gasteiger partial charge in [0.05, 0.1) is 20.3 Å². The molecule has 0 aliphatic heterocycles. The Labute approximate surface area is 180 Å². The first-order chi connectivity index (χ1) is 14.4. The van der Waals surface area contributed by atoms with Crippen molar-refractivity contribution in [3.8, 4) is 17.2 Å². The fourth-order valence-electron chi connectivity index (χ4n) is 2.37. The maximum atomic E-state index is 12.3. The fraction of sp³-hybridized carbons (Fsp3) is 0.286. The summed E-state index contributed by atoms with van der Waals surface area (Å²) in [4.78, 5) is 24.6. The van der Waals surface area contributed by atoms with Gasteiger partial charge in [-0.05, 0) is 68.0 Å². The van der Waals surface area contributed by atoms with Crippen molar-refractivity contribution in [3.05, 3.63) is 53.6 Å². The Hall–Kier alpha value is -3.33. The lowest BCUT2D eigenvalue weighted by Gasteiger charge is -2.13. The molecule has 30 heavy (non-hydrogen) atoms. The average Bonchev–Trinajstić information content (AvgIpc) is 2.77. The number of carbonyl (C=O) groups excluding carboxylic acids is 2. The van der Waals surface area contributed by atoms with Gasteiger partial charge in [-0.15, -0.1) is 0 Å². The largest absolute Gasteiger partial charge is 0.493 e. The smallest absolute Gasteiger partial charge is 0.269 e. The summed E-state index contributed by atoms with van der Waals surface area (Å²) in [6, 6.07) is 11.4. The predicted octanol–water partition coefficient (Wildman–Crippen LogP) is 2.83. The number of ether oxygens (including phenoxy) is 3. The second-order valence-electron chi connectivity index (χ2n) is 6.29. The molecule has 2 rings (SSSR count). The van der Waals surface area contributed by atoms with Gasteiger partial charge in [-0.1, -0.05) is 6.92 Å². The van der Waals surface area contributed by atoms with Gasteiger partial charge in [-0.3, -0.25) is 25.8 Å². The summed E-state index contributed by atoms with van der Waals surface area (Å²) in [7, 11) is 2.98. The molecule has 2 aromatic rings. The van der Waals surface area contributed by atoms with E-state index < -0.39 is 11.8 Å². The van der Waals surface area contributed by atoms with Crippen LogP contribution in [0.1, 0.15) is 41.0 Å². The van der Waals surface area contributed by atoms with Crippen LogP contribution in [-0.2, 0) is 0 Å². The minimum absolute atomic E-state index is 0.0474. The Bertz CT molecular complexity index is 902. The van der Waals surface area contributed by atoms with E-state index in [2.05, 4.69) is 16.2 Å². The van der Waals surface area contributed by atoms with Gasteiger partial charge in [0.25, 0.3) is 11.8 Å². The van der Waals surface area contributed by atoms with Crippen LogP contribution in [0.4, 0.5) is 0 Å². The highest BCUT2D eigenvalue weighted by Gasteiger charge is 2.12. The van der Waals surface area contributed by atoms with E-state index in [1.54, 1.807) is 36.4 Å². The number of rotatable bonds is 7. The summed E-state index contributed by atoms with van der Waals surface area (Å²) in [5, 5.41) is 2.45. The summed E-state index contributed by atoms with van der Waals surface area (Å²) in [5.41, 5.74) is 5.65. The van der Waals surface area contributed by atoms with Gasteiger partial charge in [0.15, 0.2) is 16.6 Å². The van der Waals surface area contributed by atoms with Crippen molar-refractivity contribution in [1.82, 2.24) is 16.2 Å². The fourth-order valence-corrected chi connectivity index (χ4v) is 2.51. The molecule has 0 heterocycles. The molecule has 9 heteroatoms. The van der Waals surface area contributed by atoms with Crippen molar-refractivity contribution < 1.29 is 23.8 Å². The van der Waals surface area contributed by atoms with Gasteiger partial charge in [0.2, 0.25) is 0 Å². The number of amides is 2. The van der Waals surface area contributed by atoms with E-state index in [0.717, 1.165) is 6.42 Å². The number of carbonyl (C=O) groups is 2. The Morgan fingerprint density at radius 3 is 2.17 bits per heavy atom. The first-order valence-electron chi connectivity index (χ1n) is 9.28. The maximum Gasteiger partial charge on any atom is 0.269 e. The third-order valence-electron chi connectivity index (χ3n) is 4.19. The van der Waals surface area contributed by atoms with E-state index in [1.165, 1.54) is 20.3 Å². The van der Waals surface area contributed by atoms with E-state index in [4.69, 9.17) is 26.4 Å². The molecule has 1 atom stereocenters. The molecule has 160 valence electrons. The van der Waals surface area contributed by atoms with Crippen LogP contribution < -0.4 is 30.4 Å². The van der Waals surface area contributed by atoms with Crippen molar-refractivity contribution >= 4 is 29.1 Å². The monoisotopic (exact) mass is 431 g/mol. The summed E-state index contributed by atoms with van der Waals surface area (Å²) < 4.78 is 16.0. The Morgan fingerprint density at radius 2 is 1.57 bits per heavy atom. The topological polar surface area (TPSA) is 97.9 Å². The Balaban J connectivity index is 1.88. The minimum atomic E-state index is -0.459. The number of hydrazine groups is 1. The first-order valence-corrected chi connectivity index (χ1v) is 9.69. The van der Waals surface area contributed by atoms with Crippen molar-refractivity contribution in [2.45, 2.75) is 26.4 Å². The molecule has 0 aromatic heterocycles. The van der Waals surface area contributed by atoms with Crippen molar-refractivity contribution in [3.63, 3.8) is 0 Å². The van der Waals surface area contributed by atoms with Crippen LogP contribution in [0.25, 0.3) is 0 Å². The van der Waals surface area contributed by atoms with Crippen molar-refractivity contribution in [2.24, 2.45) is 0 Å². The van der Waals surface area contributed by atoms with Crippen molar-refractivity contribution in [2.75, 3.05) is 14.2 Å². The number of benzene rings is 2. The number of hydrogen-bond acceptors (Lipinski definition) is 6. The zero-order valence-electron chi connectivity index (χ0n) is 17.3. The van der Waals surface area contributed by atoms with E-state index >= 15 is 0 Å². The van der Waals surface area contributed by atoms with Crippen LogP contribution in [0, 0.1) is 0 Å². The van der Waals surface area contributed by atoms with Gasteiger partial charge in [0.1, 0.15) is 5.75 Å². The maximum absolute atomic E-state index is 12.3. The standard InChI is InChI=1S/C21H25N3O5S/c1-5-13(2)29-16-9-6-14(7-10-16)19(25)22-21(30)24-23-20(26)15-8-11-17(27-3)18(12-15)28-4/h6-13H,5H2,1-4H3,(H,23,26)(H2,22,24,25,30). The third-order valence-corrected chi connectivity index (χ3v) is 4.40. The normalized spacial score (nSPS) is 11.1. The van der Waals surface area contributed by atoms with Crippen LogP contribution >= 0.6 is 12.2 Å². The highest BCUT2D eigenvalue weighted by atomic mass is 32.1. The summed E-state index contributed by atoms with van der Waals surface area (Å²) in [6.45, 7) is 4.01. The van der Waals surface area contributed by atoms with Crippen LogP contribution in [-0.4, -0.2) is 37.3 Å². The average molecular weight is 432 g/mol. The lowest BCUT2D eigenvalue weighted by Crippen LogP contribution is -2.48. The highest BCUT2D eigenvalue weighted by molar-refractivity contribution is 7.80. The van der Waals surface area contributed by atoms with Gasteiger partial charge >= 0.3 is 0 Å². The van der Waals surface area contributed by atoms with E-state index in [-0.39, 0.29) is 11.2 Å². The summed E-state index contributed by atoms with van der Waals surface area (Å²) in [5.74, 6) is 0.734. The van der Waals surface area contributed by atoms with Crippen LogP contribution in [0.15, 0.2) is 42.5 Å². The SMILES string of the molecule is CCC(C)Oc1ccc(C(=O)NC(=S)NNC(=O)c2ccc(OC)c(OC)c2)cc1. The van der Waals surface area contributed by atoms with E-state index in [1.807, 2.05) is 13.8 Å². The Kier molecular flexibility index (Phi) is 8.42. The van der Waals surface area contributed by atoms with Crippen LogP contribution in [0.2, 0.25) is 0 Å². The number of thiocarbonyl (C=S) groups is 1. The Morgan fingerprint density at radius 1 is 0.933 bits per heavy atom. The van der Waals surface area contributed by atoms with Crippen LogP contribution in [0.5, 0.6) is 17.2 Å². The molecule has 0 aliphatic rings. The predicted molar refractivity (Wildman–Crippen MR) is 117 cm³/mol. The highest BCUT2D eigenvalue weighted by Crippen LogP contribution is 2.27. The molecule has 2 aromatic carbocycles. The number of hydrogen-bond donors (Lipinski definition) is 3. The number of nitrogens with one attached hydrogen (secondary N) is 3.